The number of nitrogen functional groups attached to an aromatic ring is 1. The molecule has 0 aliphatic carbocycles. The zero-order valence-corrected chi connectivity index (χ0v) is 14.5. The number of rotatable bonds is 5. The van der Waals surface area contributed by atoms with Crippen molar-refractivity contribution >= 4 is 28.2 Å². The van der Waals surface area contributed by atoms with Gasteiger partial charge in [0.05, 0.1) is 0 Å². The molecule has 1 amide bonds. The molecule has 0 aliphatic heterocycles. The second kappa shape index (κ2) is 7.21. The molecule has 0 bridgehead atoms. The van der Waals surface area contributed by atoms with Crippen LogP contribution in [0.2, 0.25) is 0 Å². The summed E-state index contributed by atoms with van der Waals surface area (Å²) in [7, 11) is 0. The zero-order valence-electron chi connectivity index (χ0n) is 14.5. The average molecular weight is 334 g/mol. The van der Waals surface area contributed by atoms with Crippen molar-refractivity contribution in [3.8, 4) is 11.1 Å². The Hall–Kier alpha value is -3.08. The number of aromatic nitrogens is 1. The Kier molecular flexibility index (Phi) is 4.84. The van der Waals surface area contributed by atoms with E-state index in [2.05, 4.69) is 40.7 Å². The summed E-state index contributed by atoms with van der Waals surface area (Å²) in [6.45, 7) is 4.76. The van der Waals surface area contributed by atoms with Crippen LogP contribution < -0.4 is 16.4 Å². The topological polar surface area (TPSA) is 80.0 Å². The number of nitrogens with one attached hydrogen (secondary N) is 2. The maximum absolute atomic E-state index is 11.0. The predicted molar refractivity (Wildman–Crippen MR) is 104 cm³/mol. The van der Waals surface area contributed by atoms with E-state index in [1.165, 1.54) is 6.92 Å². The molecular weight excluding hydrogens is 312 g/mol. The third-order valence-electron chi connectivity index (χ3n) is 4.11. The summed E-state index contributed by atoms with van der Waals surface area (Å²) in [5, 5.41) is 8.32. The quantitative estimate of drug-likeness (QED) is 0.494. The van der Waals surface area contributed by atoms with Crippen molar-refractivity contribution in [2.24, 2.45) is 0 Å². The number of pyridine rings is 1. The van der Waals surface area contributed by atoms with Crippen LogP contribution in [0.25, 0.3) is 21.9 Å². The van der Waals surface area contributed by atoms with E-state index in [-0.39, 0.29) is 5.91 Å². The van der Waals surface area contributed by atoms with Gasteiger partial charge < -0.3 is 16.4 Å². The molecule has 0 atom stereocenters. The van der Waals surface area contributed by atoms with Crippen LogP contribution in [-0.4, -0.2) is 24.0 Å². The van der Waals surface area contributed by atoms with Crippen LogP contribution in [-0.2, 0) is 4.79 Å². The summed E-state index contributed by atoms with van der Waals surface area (Å²) >= 11 is 0. The van der Waals surface area contributed by atoms with Gasteiger partial charge in [0, 0.05) is 42.8 Å². The molecule has 25 heavy (non-hydrogen) atoms. The summed E-state index contributed by atoms with van der Waals surface area (Å²) in [5.41, 5.74) is 9.92. The first-order chi connectivity index (χ1) is 12.1. The van der Waals surface area contributed by atoms with E-state index in [1.807, 2.05) is 30.5 Å². The summed E-state index contributed by atoms with van der Waals surface area (Å²) in [6, 6.07) is 14.1. The van der Waals surface area contributed by atoms with Crippen LogP contribution in [0, 0.1) is 6.92 Å². The Balaban J connectivity index is 2.01. The highest BCUT2D eigenvalue weighted by atomic mass is 16.1. The van der Waals surface area contributed by atoms with Gasteiger partial charge in [-0.3, -0.25) is 4.79 Å². The number of carbonyl (C=O) groups excluding carboxylic acids is 1. The van der Waals surface area contributed by atoms with E-state index < -0.39 is 0 Å². The summed E-state index contributed by atoms with van der Waals surface area (Å²) < 4.78 is 0. The van der Waals surface area contributed by atoms with Crippen LogP contribution in [0.1, 0.15) is 12.5 Å². The molecule has 4 N–H and O–H groups in total. The number of anilines is 2. The van der Waals surface area contributed by atoms with Gasteiger partial charge in [0.2, 0.25) is 5.91 Å². The number of amides is 1. The second-order valence-electron chi connectivity index (χ2n) is 6.05. The van der Waals surface area contributed by atoms with Crippen molar-refractivity contribution in [3.05, 3.63) is 54.2 Å². The van der Waals surface area contributed by atoms with E-state index in [0.717, 1.165) is 39.0 Å². The molecule has 0 radical (unpaired) electrons. The molecule has 0 saturated heterocycles. The number of hydrogen-bond acceptors (Lipinski definition) is 4. The van der Waals surface area contributed by atoms with Crippen LogP contribution >= 0.6 is 0 Å². The second-order valence-corrected chi connectivity index (χ2v) is 6.05. The first-order valence-corrected chi connectivity index (χ1v) is 8.29. The third-order valence-corrected chi connectivity index (χ3v) is 4.11. The Morgan fingerprint density at radius 3 is 2.72 bits per heavy atom. The minimum Gasteiger partial charge on any atom is -0.399 e. The van der Waals surface area contributed by atoms with Gasteiger partial charge in [-0.25, -0.2) is 4.98 Å². The van der Waals surface area contributed by atoms with Crippen LogP contribution in [0.15, 0.2) is 48.7 Å². The Labute approximate surface area is 147 Å². The highest BCUT2D eigenvalue weighted by Crippen LogP contribution is 2.34. The number of nitrogens with two attached hydrogens (primary N) is 1. The molecule has 3 rings (SSSR count). The first kappa shape index (κ1) is 16.8. The van der Waals surface area contributed by atoms with Gasteiger partial charge >= 0.3 is 0 Å². The van der Waals surface area contributed by atoms with E-state index in [4.69, 9.17) is 5.73 Å². The fourth-order valence-electron chi connectivity index (χ4n) is 2.96. The van der Waals surface area contributed by atoms with Crippen molar-refractivity contribution in [3.63, 3.8) is 0 Å². The molecule has 0 saturated carbocycles. The molecule has 5 nitrogen and oxygen atoms in total. The molecule has 0 aliphatic rings. The molecule has 1 aromatic heterocycles. The van der Waals surface area contributed by atoms with Crippen molar-refractivity contribution in [1.29, 1.82) is 0 Å². The highest BCUT2D eigenvalue weighted by Gasteiger charge is 2.11. The Morgan fingerprint density at radius 2 is 1.96 bits per heavy atom. The molecule has 0 fully saturated rings. The largest absolute Gasteiger partial charge is 0.399 e. The number of hydrogen-bond donors (Lipinski definition) is 3. The maximum atomic E-state index is 11.0. The van der Waals surface area contributed by atoms with Gasteiger partial charge in [-0.2, -0.15) is 0 Å². The Morgan fingerprint density at radius 1 is 1.16 bits per heavy atom. The number of aryl methyl sites for hydroxylation is 1. The van der Waals surface area contributed by atoms with E-state index >= 15 is 0 Å². The van der Waals surface area contributed by atoms with Gasteiger partial charge in [0.25, 0.3) is 0 Å². The van der Waals surface area contributed by atoms with Crippen molar-refractivity contribution in [2.75, 3.05) is 24.1 Å². The minimum atomic E-state index is -0.0344. The van der Waals surface area contributed by atoms with E-state index in [9.17, 15) is 4.79 Å². The number of carbonyl (C=O) groups is 1. The van der Waals surface area contributed by atoms with Crippen molar-refractivity contribution in [1.82, 2.24) is 10.3 Å². The van der Waals surface area contributed by atoms with Gasteiger partial charge in [-0.1, -0.05) is 30.3 Å². The zero-order chi connectivity index (χ0) is 17.8. The number of nitrogens with zero attached hydrogens (tertiary/aromatic N) is 1. The monoisotopic (exact) mass is 334 g/mol. The van der Waals surface area contributed by atoms with Crippen molar-refractivity contribution < 1.29 is 4.79 Å². The van der Waals surface area contributed by atoms with Crippen LogP contribution in [0.4, 0.5) is 11.5 Å². The Bertz CT molecular complexity index is 921. The van der Waals surface area contributed by atoms with Crippen molar-refractivity contribution in [2.45, 2.75) is 13.8 Å². The average Bonchev–Trinajstić information content (AvgIpc) is 2.58. The molecule has 2 aromatic carbocycles. The molecule has 128 valence electrons. The molecule has 0 unspecified atom stereocenters. The molecule has 3 aromatic rings. The smallest absolute Gasteiger partial charge is 0.216 e. The number of benzene rings is 2. The van der Waals surface area contributed by atoms with Crippen LogP contribution in [0.5, 0.6) is 0 Å². The molecular formula is C20H22N4O. The van der Waals surface area contributed by atoms with Gasteiger partial charge in [0.15, 0.2) is 0 Å². The number of fused-ring (bicyclic) bond motifs is 1. The molecule has 0 spiro atoms. The maximum Gasteiger partial charge on any atom is 0.216 e. The van der Waals surface area contributed by atoms with E-state index in [0.29, 0.717) is 13.1 Å². The lowest BCUT2D eigenvalue weighted by molar-refractivity contribution is -0.118. The van der Waals surface area contributed by atoms with Gasteiger partial charge in [0.1, 0.15) is 5.82 Å². The van der Waals surface area contributed by atoms with E-state index in [1.54, 1.807) is 0 Å². The normalized spacial score (nSPS) is 10.6. The lowest BCUT2D eigenvalue weighted by atomic mass is 9.97. The molecule has 5 heteroatoms. The highest BCUT2D eigenvalue weighted by molar-refractivity contribution is 6.03. The minimum absolute atomic E-state index is 0.0344. The SMILES string of the molecule is CC(=O)NCCNc1ncc(-c2cccc(N)c2)c2cccc(C)c12. The fraction of sp³-hybridized carbons (Fsp3) is 0.200. The third kappa shape index (κ3) is 3.71. The van der Waals surface area contributed by atoms with Gasteiger partial charge in [-0.05, 0) is 35.6 Å². The lowest BCUT2D eigenvalue weighted by Gasteiger charge is -2.14. The first-order valence-electron chi connectivity index (χ1n) is 8.29. The summed E-state index contributed by atoms with van der Waals surface area (Å²) in [6.07, 6.45) is 1.87. The fourth-order valence-corrected chi connectivity index (χ4v) is 2.96. The van der Waals surface area contributed by atoms with Gasteiger partial charge in [-0.15, -0.1) is 0 Å². The summed E-state index contributed by atoms with van der Waals surface area (Å²) in [5.74, 6) is 0.791. The standard InChI is InChI=1S/C20H22N4O/c1-13-5-3-8-17-18(15-6-4-7-16(21)11-15)12-24-20(19(13)17)23-10-9-22-14(2)25/h3-8,11-12H,9-10,21H2,1-2H3,(H,22,25)(H,23,24). The lowest BCUT2D eigenvalue weighted by Crippen LogP contribution is -2.26. The summed E-state index contributed by atoms with van der Waals surface area (Å²) in [4.78, 5) is 15.6. The van der Waals surface area contributed by atoms with Crippen LogP contribution in [0.3, 0.4) is 0 Å². The molecule has 1 heterocycles. The predicted octanol–water partition coefficient (Wildman–Crippen LogP) is 3.34.